The molecule has 0 amide bonds. The number of nitrogens with one attached hydrogen (secondary N) is 2. The van der Waals surface area contributed by atoms with Crippen LogP contribution in [-0.4, -0.2) is 24.6 Å². The molecule has 3 rings (SSSR count). The summed E-state index contributed by atoms with van der Waals surface area (Å²) >= 11 is 5.96. The van der Waals surface area contributed by atoms with E-state index in [0.717, 1.165) is 22.6 Å². The Kier molecular flexibility index (Phi) is 10.8. The fourth-order valence-electron chi connectivity index (χ4n) is 3.09. The summed E-state index contributed by atoms with van der Waals surface area (Å²) in [7, 11) is 0. The number of hydrogen-bond acceptors (Lipinski definition) is 6. The number of ether oxygens (including phenoxy) is 2. The number of nitro groups is 1. The number of para-hydroxylation sites is 1. The maximum atomic E-state index is 10.7. The molecule has 0 fully saturated rings. The first-order valence-electron chi connectivity index (χ1n) is 10.4. The zero-order valence-electron chi connectivity index (χ0n) is 18.3. The summed E-state index contributed by atoms with van der Waals surface area (Å²) in [5, 5.41) is 18.1. The Morgan fingerprint density at radius 3 is 2.36 bits per heavy atom. The van der Waals surface area contributed by atoms with Crippen molar-refractivity contribution < 1.29 is 14.4 Å². The van der Waals surface area contributed by atoms with E-state index in [1.54, 1.807) is 12.1 Å². The molecule has 3 aromatic rings. The van der Waals surface area contributed by atoms with E-state index < -0.39 is 4.92 Å². The van der Waals surface area contributed by atoms with Gasteiger partial charge in [0.1, 0.15) is 6.61 Å². The molecule has 0 unspecified atom stereocenters. The summed E-state index contributed by atoms with van der Waals surface area (Å²) in [5.74, 6) is 1.44. The van der Waals surface area contributed by atoms with Crippen LogP contribution in [0.3, 0.4) is 0 Å². The van der Waals surface area contributed by atoms with Crippen molar-refractivity contribution in [3.63, 3.8) is 0 Å². The number of halogens is 2. The number of nitrogens with zero attached hydrogens (tertiary/aromatic N) is 1. The largest absolute Gasteiger partial charge is 0.490 e. The van der Waals surface area contributed by atoms with Gasteiger partial charge in [0, 0.05) is 48.0 Å². The highest BCUT2D eigenvalue weighted by Crippen LogP contribution is 2.32. The van der Waals surface area contributed by atoms with E-state index in [4.69, 9.17) is 21.1 Å². The molecule has 0 spiro atoms. The molecule has 0 saturated carbocycles. The average molecular weight is 492 g/mol. The van der Waals surface area contributed by atoms with Gasteiger partial charge in [0.15, 0.2) is 11.5 Å². The molecule has 0 aromatic heterocycles. The lowest BCUT2D eigenvalue weighted by Gasteiger charge is -2.17. The Balaban J connectivity index is 0.00000385. The van der Waals surface area contributed by atoms with Crippen molar-refractivity contribution in [3.05, 3.63) is 93.0 Å². The van der Waals surface area contributed by atoms with Crippen molar-refractivity contribution in [1.82, 2.24) is 5.32 Å². The molecule has 9 heteroatoms. The van der Waals surface area contributed by atoms with Gasteiger partial charge < -0.3 is 20.1 Å². The topological polar surface area (TPSA) is 85.7 Å². The molecule has 0 heterocycles. The van der Waals surface area contributed by atoms with Gasteiger partial charge in [-0.3, -0.25) is 10.1 Å². The Bertz CT molecular complexity index is 1020. The minimum absolute atomic E-state index is 0. The van der Waals surface area contributed by atoms with Crippen LogP contribution in [0.2, 0.25) is 5.02 Å². The molecular formula is C24H27Cl2N3O4. The Morgan fingerprint density at radius 1 is 0.970 bits per heavy atom. The molecule has 2 N–H and O–H groups in total. The lowest BCUT2D eigenvalue weighted by molar-refractivity contribution is -0.384. The van der Waals surface area contributed by atoms with Gasteiger partial charge in [-0.15, -0.1) is 12.4 Å². The van der Waals surface area contributed by atoms with Crippen LogP contribution in [0.5, 0.6) is 11.5 Å². The fourth-order valence-corrected chi connectivity index (χ4v) is 3.21. The summed E-state index contributed by atoms with van der Waals surface area (Å²) in [6.07, 6.45) is 0. The number of hydrogen-bond donors (Lipinski definition) is 2. The van der Waals surface area contributed by atoms with Gasteiger partial charge in [0.05, 0.1) is 11.5 Å². The summed E-state index contributed by atoms with van der Waals surface area (Å²) in [6.45, 7) is 4.89. The van der Waals surface area contributed by atoms with Gasteiger partial charge in [0.25, 0.3) is 5.69 Å². The number of nitro benzene ring substituents is 1. The van der Waals surface area contributed by atoms with E-state index in [9.17, 15) is 10.1 Å². The minimum Gasteiger partial charge on any atom is -0.490 e. The molecule has 3 aromatic carbocycles. The lowest BCUT2D eigenvalue weighted by Crippen LogP contribution is -2.22. The molecule has 0 radical (unpaired) electrons. The van der Waals surface area contributed by atoms with Crippen LogP contribution in [0, 0.1) is 10.1 Å². The first-order valence-corrected chi connectivity index (χ1v) is 10.8. The average Bonchev–Trinajstić information content (AvgIpc) is 2.80. The number of benzene rings is 3. The number of rotatable bonds is 12. The third kappa shape index (κ3) is 8.13. The Hall–Kier alpha value is -3.00. The molecule has 0 saturated heterocycles. The predicted octanol–water partition coefficient (Wildman–Crippen LogP) is 5.85. The predicted molar refractivity (Wildman–Crippen MR) is 134 cm³/mol. The summed E-state index contributed by atoms with van der Waals surface area (Å²) in [6, 6.07) is 19.8. The monoisotopic (exact) mass is 491 g/mol. The van der Waals surface area contributed by atoms with Crippen LogP contribution < -0.4 is 20.1 Å². The van der Waals surface area contributed by atoms with E-state index in [2.05, 4.69) is 10.6 Å². The highest BCUT2D eigenvalue weighted by atomic mass is 35.5. The van der Waals surface area contributed by atoms with Crippen LogP contribution in [-0.2, 0) is 13.2 Å². The molecule has 33 heavy (non-hydrogen) atoms. The van der Waals surface area contributed by atoms with Crippen LogP contribution >= 0.6 is 24.0 Å². The van der Waals surface area contributed by atoms with E-state index in [-0.39, 0.29) is 18.1 Å². The molecule has 176 valence electrons. The van der Waals surface area contributed by atoms with Crippen molar-refractivity contribution in [1.29, 1.82) is 0 Å². The van der Waals surface area contributed by atoms with Crippen LogP contribution in [0.4, 0.5) is 11.4 Å². The molecular weight excluding hydrogens is 465 g/mol. The second-order valence-electron chi connectivity index (χ2n) is 7.00. The van der Waals surface area contributed by atoms with Crippen LogP contribution in [0.1, 0.15) is 18.1 Å². The third-order valence-corrected chi connectivity index (χ3v) is 4.93. The van der Waals surface area contributed by atoms with Gasteiger partial charge >= 0.3 is 0 Å². The van der Waals surface area contributed by atoms with E-state index >= 15 is 0 Å². The zero-order valence-corrected chi connectivity index (χ0v) is 19.8. The van der Waals surface area contributed by atoms with Gasteiger partial charge in [-0.2, -0.15) is 0 Å². The normalized spacial score (nSPS) is 10.2. The summed E-state index contributed by atoms with van der Waals surface area (Å²) in [5.41, 5.74) is 2.93. The van der Waals surface area contributed by atoms with Gasteiger partial charge in [-0.05, 0) is 42.8 Å². The highest BCUT2D eigenvalue weighted by Gasteiger charge is 2.11. The highest BCUT2D eigenvalue weighted by molar-refractivity contribution is 6.30. The quantitative estimate of drug-likeness (QED) is 0.188. The fraction of sp³-hybridized carbons (Fsp3) is 0.250. The maximum absolute atomic E-state index is 10.7. The SMILES string of the molecule is CCOc1cccc(CNCCNc2ccc([N+](=O)[O-])cc2)c1OCc1ccc(Cl)cc1.Cl. The smallest absolute Gasteiger partial charge is 0.269 e. The second kappa shape index (κ2) is 13.5. The zero-order chi connectivity index (χ0) is 22.8. The van der Waals surface area contributed by atoms with Crippen molar-refractivity contribution >= 4 is 35.4 Å². The molecule has 0 aliphatic heterocycles. The van der Waals surface area contributed by atoms with Crippen molar-refractivity contribution in [2.45, 2.75) is 20.1 Å². The number of non-ortho nitro benzene ring substituents is 1. The van der Waals surface area contributed by atoms with E-state index in [0.29, 0.717) is 43.6 Å². The van der Waals surface area contributed by atoms with E-state index in [1.165, 1.54) is 12.1 Å². The second-order valence-corrected chi connectivity index (χ2v) is 7.44. The molecule has 0 bridgehead atoms. The lowest BCUT2D eigenvalue weighted by atomic mass is 10.1. The van der Waals surface area contributed by atoms with E-state index in [1.807, 2.05) is 49.4 Å². The summed E-state index contributed by atoms with van der Waals surface area (Å²) < 4.78 is 11.9. The van der Waals surface area contributed by atoms with Crippen molar-refractivity contribution in [2.24, 2.45) is 0 Å². The standard InChI is InChI=1S/C24H26ClN3O4.ClH/c1-2-31-23-5-3-4-19(24(23)32-17-18-6-8-20(25)9-7-18)16-26-14-15-27-21-10-12-22(13-11-21)28(29)30;/h3-13,26-27H,2,14-17H2,1H3;1H. The Labute approximate surface area is 204 Å². The number of anilines is 1. The first kappa shape index (κ1) is 26.3. The summed E-state index contributed by atoms with van der Waals surface area (Å²) in [4.78, 5) is 10.3. The van der Waals surface area contributed by atoms with Crippen molar-refractivity contribution in [2.75, 3.05) is 25.0 Å². The van der Waals surface area contributed by atoms with Gasteiger partial charge in [0.2, 0.25) is 0 Å². The van der Waals surface area contributed by atoms with Gasteiger partial charge in [-0.1, -0.05) is 35.9 Å². The van der Waals surface area contributed by atoms with Crippen molar-refractivity contribution in [3.8, 4) is 11.5 Å². The third-order valence-electron chi connectivity index (χ3n) is 4.68. The first-order chi connectivity index (χ1) is 15.6. The maximum Gasteiger partial charge on any atom is 0.269 e. The van der Waals surface area contributed by atoms with Crippen LogP contribution in [0.25, 0.3) is 0 Å². The Morgan fingerprint density at radius 2 is 1.70 bits per heavy atom. The van der Waals surface area contributed by atoms with Gasteiger partial charge in [-0.25, -0.2) is 0 Å². The minimum atomic E-state index is -0.408. The molecule has 7 nitrogen and oxygen atoms in total. The molecule has 0 aliphatic carbocycles. The molecule has 0 aliphatic rings. The molecule has 0 atom stereocenters. The van der Waals surface area contributed by atoms with Crippen LogP contribution in [0.15, 0.2) is 66.7 Å².